The van der Waals surface area contributed by atoms with Gasteiger partial charge in [-0.1, -0.05) is 0 Å². The molecule has 0 aromatic heterocycles. The summed E-state index contributed by atoms with van der Waals surface area (Å²) in [6.07, 6.45) is 6.78. The van der Waals surface area contributed by atoms with Gasteiger partial charge in [-0.25, -0.2) is 0 Å². The molecule has 2 atom stereocenters. The van der Waals surface area contributed by atoms with E-state index in [4.69, 9.17) is 5.73 Å². The van der Waals surface area contributed by atoms with Gasteiger partial charge in [0.15, 0.2) is 0 Å². The Morgan fingerprint density at radius 2 is 2.11 bits per heavy atom. The Labute approximate surface area is 117 Å². The maximum absolute atomic E-state index is 12.0. The van der Waals surface area contributed by atoms with Crippen molar-refractivity contribution in [1.29, 1.82) is 0 Å². The maximum Gasteiger partial charge on any atom is 0.237 e. The van der Waals surface area contributed by atoms with E-state index in [9.17, 15) is 4.79 Å². The smallest absolute Gasteiger partial charge is 0.237 e. The average Bonchev–Trinajstić information content (AvgIpc) is 3.12. The van der Waals surface area contributed by atoms with E-state index in [1.807, 2.05) is 0 Å². The Kier molecular flexibility index (Phi) is 4.51. The summed E-state index contributed by atoms with van der Waals surface area (Å²) in [4.78, 5) is 14.4. The summed E-state index contributed by atoms with van der Waals surface area (Å²) < 4.78 is 0. The van der Waals surface area contributed by atoms with Crippen molar-refractivity contribution in [3.05, 3.63) is 0 Å². The lowest BCUT2D eigenvalue weighted by atomic mass is 9.77. The Bertz CT molecular complexity index is 327. The molecule has 2 aliphatic rings. The predicted molar refractivity (Wildman–Crippen MR) is 77.8 cm³/mol. The van der Waals surface area contributed by atoms with Gasteiger partial charge in [0.05, 0.1) is 5.54 Å². The van der Waals surface area contributed by atoms with Crippen molar-refractivity contribution >= 4 is 5.91 Å². The molecule has 1 amide bonds. The van der Waals surface area contributed by atoms with Crippen LogP contribution in [0.4, 0.5) is 0 Å². The fourth-order valence-electron chi connectivity index (χ4n) is 3.46. The maximum atomic E-state index is 12.0. The molecule has 2 unspecified atom stereocenters. The molecule has 2 rings (SSSR count). The molecule has 2 aliphatic carbocycles. The molecular weight excluding hydrogens is 238 g/mol. The molecule has 110 valence electrons. The second-order valence-electron chi connectivity index (χ2n) is 6.88. The molecule has 4 heteroatoms. The van der Waals surface area contributed by atoms with E-state index >= 15 is 0 Å². The molecule has 3 N–H and O–H groups in total. The first-order chi connectivity index (χ1) is 8.93. The topological polar surface area (TPSA) is 58.4 Å². The zero-order valence-electron chi connectivity index (χ0n) is 12.6. The van der Waals surface area contributed by atoms with Crippen LogP contribution in [0, 0.1) is 5.92 Å². The number of carbonyl (C=O) groups excluding carboxylic acids is 1. The van der Waals surface area contributed by atoms with Gasteiger partial charge in [0.25, 0.3) is 0 Å². The molecule has 0 heterocycles. The number of nitrogens with zero attached hydrogens (tertiary/aromatic N) is 1. The van der Waals surface area contributed by atoms with Crippen molar-refractivity contribution < 1.29 is 4.79 Å². The Balaban J connectivity index is 2.01. The first kappa shape index (κ1) is 14.8. The van der Waals surface area contributed by atoms with Crippen molar-refractivity contribution in [2.75, 3.05) is 13.6 Å². The highest BCUT2D eigenvalue weighted by atomic mass is 16.1. The van der Waals surface area contributed by atoms with E-state index in [2.05, 4.69) is 31.1 Å². The summed E-state index contributed by atoms with van der Waals surface area (Å²) in [5.41, 5.74) is 5.22. The quantitative estimate of drug-likeness (QED) is 0.766. The highest BCUT2D eigenvalue weighted by molar-refractivity contribution is 5.85. The van der Waals surface area contributed by atoms with Crippen LogP contribution in [-0.4, -0.2) is 42.0 Å². The van der Waals surface area contributed by atoms with Gasteiger partial charge in [-0.2, -0.15) is 0 Å². The Morgan fingerprint density at radius 1 is 1.42 bits per heavy atom. The molecule has 0 saturated heterocycles. The van der Waals surface area contributed by atoms with Crippen LogP contribution in [0.1, 0.15) is 52.4 Å². The molecule has 0 radical (unpaired) electrons. The number of nitrogens with two attached hydrogens (primary N) is 1. The van der Waals surface area contributed by atoms with Gasteiger partial charge in [0.2, 0.25) is 5.91 Å². The molecule has 0 aromatic carbocycles. The predicted octanol–water partition coefficient (Wildman–Crippen LogP) is 1.49. The van der Waals surface area contributed by atoms with Crippen LogP contribution in [0.2, 0.25) is 0 Å². The molecule has 0 aliphatic heterocycles. The van der Waals surface area contributed by atoms with Crippen LogP contribution in [0.25, 0.3) is 0 Å². The number of primary amides is 1. The average molecular weight is 267 g/mol. The van der Waals surface area contributed by atoms with Crippen molar-refractivity contribution in [1.82, 2.24) is 10.2 Å². The molecule has 2 saturated carbocycles. The molecule has 19 heavy (non-hydrogen) atoms. The Morgan fingerprint density at radius 3 is 2.63 bits per heavy atom. The van der Waals surface area contributed by atoms with Gasteiger partial charge >= 0.3 is 0 Å². The lowest BCUT2D eigenvalue weighted by molar-refractivity contribution is -0.127. The monoisotopic (exact) mass is 267 g/mol. The van der Waals surface area contributed by atoms with Crippen LogP contribution >= 0.6 is 0 Å². The lowest BCUT2D eigenvalue weighted by Gasteiger charge is -2.43. The van der Waals surface area contributed by atoms with Crippen LogP contribution in [0.15, 0.2) is 0 Å². The second kappa shape index (κ2) is 5.80. The normalized spacial score (nSPS) is 31.9. The number of amides is 1. The van der Waals surface area contributed by atoms with Crippen molar-refractivity contribution in [2.45, 2.75) is 70.0 Å². The highest BCUT2D eigenvalue weighted by Gasteiger charge is 2.43. The standard InChI is InChI=1S/C15H29N3O/c1-11(2)17-15(14(16)19)8-4-5-13(9-15)18(3)10-12-6-7-12/h11-13,17H,4-10H2,1-3H3,(H2,16,19). The van der Waals surface area contributed by atoms with E-state index in [1.165, 1.54) is 25.8 Å². The third-order valence-corrected chi connectivity index (χ3v) is 4.63. The number of hydrogen-bond acceptors (Lipinski definition) is 3. The van der Waals surface area contributed by atoms with Crippen molar-refractivity contribution in [3.8, 4) is 0 Å². The molecule has 4 nitrogen and oxygen atoms in total. The van der Waals surface area contributed by atoms with Crippen LogP contribution in [-0.2, 0) is 4.79 Å². The third-order valence-electron chi connectivity index (χ3n) is 4.63. The van der Waals surface area contributed by atoms with Gasteiger partial charge in [-0.3, -0.25) is 4.79 Å². The van der Waals surface area contributed by atoms with E-state index in [0.717, 1.165) is 25.2 Å². The third kappa shape index (κ3) is 3.69. The van der Waals surface area contributed by atoms with Gasteiger partial charge < -0.3 is 16.0 Å². The molecular formula is C15H29N3O. The fourth-order valence-corrected chi connectivity index (χ4v) is 3.46. The molecule has 0 bridgehead atoms. The minimum absolute atomic E-state index is 0.175. The van der Waals surface area contributed by atoms with Crippen LogP contribution < -0.4 is 11.1 Å². The highest BCUT2D eigenvalue weighted by Crippen LogP contribution is 2.34. The summed E-state index contributed by atoms with van der Waals surface area (Å²) in [5, 5.41) is 3.45. The molecule has 0 spiro atoms. The first-order valence-corrected chi connectivity index (χ1v) is 7.71. The van der Waals surface area contributed by atoms with Crippen molar-refractivity contribution in [2.24, 2.45) is 11.7 Å². The SMILES string of the molecule is CC(C)NC1(C(N)=O)CCCC(N(C)CC2CC2)C1. The Hall–Kier alpha value is -0.610. The summed E-state index contributed by atoms with van der Waals surface area (Å²) in [6, 6.07) is 0.785. The minimum atomic E-state index is -0.491. The largest absolute Gasteiger partial charge is 0.368 e. The molecule has 2 fully saturated rings. The van der Waals surface area contributed by atoms with E-state index < -0.39 is 5.54 Å². The second-order valence-corrected chi connectivity index (χ2v) is 6.88. The van der Waals surface area contributed by atoms with Gasteiger partial charge in [-0.15, -0.1) is 0 Å². The lowest BCUT2D eigenvalue weighted by Crippen LogP contribution is -2.62. The van der Waals surface area contributed by atoms with E-state index in [1.54, 1.807) is 0 Å². The van der Waals surface area contributed by atoms with Gasteiger partial charge in [-0.05, 0) is 65.3 Å². The minimum Gasteiger partial charge on any atom is -0.368 e. The van der Waals surface area contributed by atoms with Crippen molar-refractivity contribution in [3.63, 3.8) is 0 Å². The number of nitrogens with one attached hydrogen (secondary N) is 1. The summed E-state index contributed by atoms with van der Waals surface area (Å²) in [5.74, 6) is 0.721. The number of hydrogen-bond donors (Lipinski definition) is 2. The van der Waals surface area contributed by atoms with E-state index in [-0.39, 0.29) is 5.91 Å². The molecule has 0 aromatic rings. The van der Waals surface area contributed by atoms with Crippen LogP contribution in [0.5, 0.6) is 0 Å². The summed E-state index contributed by atoms with van der Waals surface area (Å²) in [7, 11) is 2.20. The number of carbonyl (C=O) groups is 1. The summed E-state index contributed by atoms with van der Waals surface area (Å²) >= 11 is 0. The van der Waals surface area contributed by atoms with Gasteiger partial charge in [0, 0.05) is 18.6 Å². The van der Waals surface area contributed by atoms with E-state index in [0.29, 0.717) is 12.1 Å². The fraction of sp³-hybridized carbons (Fsp3) is 0.933. The summed E-state index contributed by atoms with van der Waals surface area (Å²) in [6.45, 7) is 5.35. The zero-order chi connectivity index (χ0) is 14.0. The van der Waals surface area contributed by atoms with Crippen LogP contribution in [0.3, 0.4) is 0 Å². The zero-order valence-corrected chi connectivity index (χ0v) is 12.6. The number of rotatable bonds is 6. The van der Waals surface area contributed by atoms with Gasteiger partial charge in [0.1, 0.15) is 0 Å². The first-order valence-electron chi connectivity index (χ1n) is 7.71.